The molecule has 1 unspecified atom stereocenters. The van der Waals surface area contributed by atoms with Crippen LogP contribution in [0.15, 0.2) is 18.2 Å². The largest absolute Gasteiger partial charge is 0.342 e. The number of carbonyl (C=O) groups excluding carboxylic acids is 2. The molecule has 2 aromatic rings. The predicted octanol–water partition coefficient (Wildman–Crippen LogP) is 2.80. The zero-order chi connectivity index (χ0) is 16.0. The van der Waals surface area contributed by atoms with E-state index in [-0.39, 0.29) is 17.7 Å². The molecule has 1 N–H and O–H groups in total. The maximum Gasteiger partial charge on any atom is 0.231 e. The lowest BCUT2D eigenvalue weighted by Gasteiger charge is -2.15. The summed E-state index contributed by atoms with van der Waals surface area (Å²) < 4.78 is 1.07. The molecule has 1 aliphatic heterocycles. The van der Waals surface area contributed by atoms with Crippen molar-refractivity contribution < 1.29 is 9.59 Å². The maximum absolute atomic E-state index is 12.4. The Balaban J connectivity index is 1.43. The van der Waals surface area contributed by atoms with Gasteiger partial charge in [0.2, 0.25) is 11.8 Å². The van der Waals surface area contributed by atoms with E-state index < -0.39 is 0 Å². The molecule has 1 saturated heterocycles. The fraction of sp³-hybridized carbons (Fsp3) is 0.471. The molecule has 0 bridgehead atoms. The summed E-state index contributed by atoms with van der Waals surface area (Å²) in [5.74, 6) is 0.424. The predicted molar refractivity (Wildman–Crippen MR) is 90.4 cm³/mol. The standard InChI is InChI=1S/C17H19N3O2S/c1-10-2-5-13-14(6-10)23-17(18-13)19-16(22)12-7-15(21)20(9-12)8-11-3-4-11/h2,5-6,11-12H,3-4,7-9H2,1H3,(H,18,19,22). The molecule has 2 fully saturated rings. The van der Waals surface area contributed by atoms with Crippen LogP contribution in [0.5, 0.6) is 0 Å². The summed E-state index contributed by atoms with van der Waals surface area (Å²) in [4.78, 5) is 30.7. The summed E-state index contributed by atoms with van der Waals surface area (Å²) in [5.41, 5.74) is 2.07. The number of rotatable bonds is 4. The van der Waals surface area contributed by atoms with E-state index in [0.29, 0.717) is 24.0 Å². The Kier molecular flexibility index (Phi) is 3.56. The molecule has 23 heavy (non-hydrogen) atoms. The van der Waals surface area contributed by atoms with Gasteiger partial charge in [-0.25, -0.2) is 4.98 Å². The number of anilines is 1. The number of fused-ring (bicyclic) bond motifs is 1. The van der Waals surface area contributed by atoms with Gasteiger partial charge in [-0.1, -0.05) is 17.4 Å². The fourth-order valence-electron chi connectivity index (χ4n) is 3.03. The van der Waals surface area contributed by atoms with Gasteiger partial charge in [-0.05, 0) is 43.4 Å². The summed E-state index contributed by atoms with van der Waals surface area (Å²) in [6.07, 6.45) is 2.75. The van der Waals surface area contributed by atoms with Gasteiger partial charge in [0.15, 0.2) is 5.13 Å². The first-order valence-electron chi connectivity index (χ1n) is 8.04. The first-order chi connectivity index (χ1) is 11.1. The number of aromatic nitrogens is 1. The van der Waals surface area contributed by atoms with E-state index in [4.69, 9.17) is 0 Å². The van der Waals surface area contributed by atoms with Crippen LogP contribution >= 0.6 is 11.3 Å². The molecule has 1 aromatic heterocycles. The van der Waals surface area contributed by atoms with Gasteiger partial charge in [0.25, 0.3) is 0 Å². The van der Waals surface area contributed by atoms with Crippen LogP contribution in [0.1, 0.15) is 24.8 Å². The molecule has 1 atom stereocenters. The number of hydrogen-bond donors (Lipinski definition) is 1. The zero-order valence-corrected chi connectivity index (χ0v) is 13.9. The molecule has 0 radical (unpaired) electrons. The number of nitrogens with one attached hydrogen (secondary N) is 1. The number of benzene rings is 1. The Hall–Kier alpha value is -1.95. The van der Waals surface area contributed by atoms with Gasteiger partial charge in [0.1, 0.15) is 0 Å². The molecule has 2 heterocycles. The van der Waals surface area contributed by atoms with Gasteiger partial charge >= 0.3 is 0 Å². The quantitative estimate of drug-likeness (QED) is 0.938. The van der Waals surface area contributed by atoms with Crippen molar-refractivity contribution in [3.8, 4) is 0 Å². The number of amides is 2. The van der Waals surface area contributed by atoms with Crippen molar-refractivity contribution in [2.75, 3.05) is 18.4 Å². The summed E-state index contributed by atoms with van der Waals surface area (Å²) >= 11 is 1.48. The van der Waals surface area contributed by atoms with Gasteiger partial charge in [0.05, 0.1) is 16.1 Å². The molecular weight excluding hydrogens is 310 g/mol. The van der Waals surface area contributed by atoms with Gasteiger partial charge in [-0.15, -0.1) is 0 Å². The van der Waals surface area contributed by atoms with Crippen LogP contribution in [-0.2, 0) is 9.59 Å². The van der Waals surface area contributed by atoms with Crippen LogP contribution in [0, 0.1) is 18.8 Å². The molecule has 5 nitrogen and oxygen atoms in total. The third kappa shape index (κ3) is 3.08. The third-order valence-corrected chi connectivity index (χ3v) is 5.47. The molecule has 0 spiro atoms. The van der Waals surface area contributed by atoms with Gasteiger partial charge in [-0.3, -0.25) is 9.59 Å². The van der Waals surface area contributed by atoms with E-state index in [1.54, 1.807) is 0 Å². The molecule has 6 heteroatoms. The van der Waals surface area contributed by atoms with E-state index in [2.05, 4.69) is 16.4 Å². The highest BCUT2D eigenvalue weighted by atomic mass is 32.1. The van der Waals surface area contributed by atoms with E-state index >= 15 is 0 Å². The molecule has 1 aliphatic carbocycles. The van der Waals surface area contributed by atoms with Gasteiger partial charge in [-0.2, -0.15) is 0 Å². The van der Waals surface area contributed by atoms with E-state index in [9.17, 15) is 9.59 Å². The van der Waals surface area contributed by atoms with Crippen molar-refractivity contribution in [2.45, 2.75) is 26.2 Å². The van der Waals surface area contributed by atoms with Crippen molar-refractivity contribution in [1.29, 1.82) is 0 Å². The lowest BCUT2D eigenvalue weighted by atomic mass is 10.1. The first-order valence-corrected chi connectivity index (χ1v) is 8.86. The second kappa shape index (κ2) is 5.60. The van der Waals surface area contributed by atoms with Crippen molar-refractivity contribution in [1.82, 2.24) is 9.88 Å². The number of nitrogens with zero attached hydrogens (tertiary/aromatic N) is 2. The minimum Gasteiger partial charge on any atom is -0.342 e. The second-order valence-corrected chi connectivity index (χ2v) is 7.65. The summed E-state index contributed by atoms with van der Waals surface area (Å²) in [6, 6.07) is 6.05. The Morgan fingerprint density at radius 3 is 3.04 bits per heavy atom. The third-order valence-electron chi connectivity index (χ3n) is 4.53. The van der Waals surface area contributed by atoms with Crippen molar-refractivity contribution >= 4 is 38.5 Å². The Labute approximate surface area is 138 Å². The smallest absolute Gasteiger partial charge is 0.231 e. The van der Waals surface area contributed by atoms with E-state index in [1.165, 1.54) is 29.7 Å². The normalized spacial score (nSPS) is 21.2. The molecular formula is C17H19N3O2S. The SMILES string of the molecule is Cc1ccc2nc(NC(=O)C3CC(=O)N(CC4CC4)C3)sc2c1. The van der Waals surface area contributed by atoms with Crippen LogP contribution in [0.3, 0.4) is 0 Å². The minimum atomic E-state index is -0.255. The van der Waals surface area contributed by atoms with Crippen LogP contribution in [0.4, 0.5) is 5.13 Å². The number of likely N-dealkylation sites (tertiary alicyclic amines) is 1. The van der Waals surface area contributed by atoms with Crippen LogP contribution < -0.4 is 5.32 Å². The molecule has 4 rings (SSSR count). The van der Waals surface area contributed by atoms with Crippen molar-refractivity contribution in [2.24, 2.45) is 11.8 Å². The maximum atomic E-state index is 12.4. The molecule has 1 aromatic carbocycles. The van der Waals surface area contributed by atoms with Gasteiger partial charge in [0, 0.05) is 19.5 Å². The number of carbonyl (C=O) groups is 2. The molecule has 120 valence electrons. The summed E-state index contributed by atoms with van der Waals surface area (Å²) in [7, 11) is 0. The van der Waals surface area contributed by atoms with Crippen molar-refractivity contribution in [3.63, 3.8) is 0 Å². The Morgan fingerprint density at radius 1 is 1.43 bits per heavy atom. The molecule has 2 amide bonds. The highest BCUT2D eigenvalue weighted by molar-refractivity contribution is 7.22. The van der Waals surface area contributed by atoms with Crippen LogP contribution in [0.25, 0.3) is 10.2 Å². The highest BCUT2D eigenvalue weighted by Gasteiger charge is 2.37. The average molecular weight is 329 g/mol. The zero-order valence-electron chi connectivity index (χ0n) is 13.0. The highest BCUT2D eigenvalue weighted by Crippen LogP contribution is 2.32. The Bertz CT molecular complexity index is 781. The number of thiazole rings is 1. The monoisotopic (exact) mass is 329 g/mol. The van der Waals surface area contributed by atoms with Crippen LogP contribution in [-0.4, -0.2) is 34.8 Å². The lowest BCUT2D eigenvalue weighted by Crippen LogP contribution is -2.29. The lowest BCUT2D eigenvalue weighted by molar-refractivity contribution is -0.128. The second-order valence-electron chi connectivity index (χ2n) is 6.62. The fourth-order valence-corrected chi connectivity index (χ4v) is 4.00. The molecule has 2 aliphatic rings. The first kappa shape index (κ1) is 14.6. The van der Waals surface area contributed by atoms with E-state index in [0.717, 1.165) is 16.8 Å². The summed E-state index contributed by atoms with van der Waals surface area (Å²) in [5, 5.41) is 3.51. The average Bonchev–Trinajstić information content (AvgIpc) is 3.12. The molecule has 1 saturated carbocycles. The number of aryl methyl sites for hydroxylation is 1. The topological polar surface area (TPSA) is 62.3 Å². The van der Waals surface area contributed by atoms with E-state index in [1.807, 2.05) is 24.0 Å². The Morgan fingerprint density at radius 2 is 2.26 bits per heavy atom. The number of hydrogen-bond acceptors (Lipinski definition) is 4. The summed E-state index contributed by atoms with van der Waals surface area (Å²) in [6.45, 7) is 3.41. The minimum absolute atomic E-state index is 0.0903. The van der Waals surface area contributed by atoms with Gasteiger partial charge < -0.3 is 10.2 Å². The van der Waals surface area contributed by atoms with Crippen molar-refractivity contribution in [3.05, 3.63) is 23.8 Å². The van der Waals surface area contributed by atoms with Crippen LogP contribution in [0.2, 0.25) is 0 Å².